The molecular weight excluding hydrogens is 162 g/mol. The van der Waals surface area contributed by atoms with Crippen LogP contribution in [0.3, 0.4) is 0 Å². The Bertz CT molecular complexity index is 491. The van der Waals surface area contributed by atoms with E-state index in [0.29, 0.717) is 0 Å². The lowest BCUT2D eigenvalue weighted by atomic mass is 10.0. The van der Waals surface area contributed by atoms with Crippen molar-refractivity contribution in [3.8, 4) is 0 Å². The van der Waals surface area contributed by atoms with Crippen molar-refractivity contribution in [2.45, 2.75) is 18.9 Å². The second kappa shape index (κ2) is 1.92. The molecule has 0 N–H and O–H groups in total. The zero-order chi connectivity index (χ0) is 9.05. The maximum atomic E-state index is 4.37. The van der Waals surface area contributed by atoms with Crippen LogP contribution in [0.4, 0.5) is 0 Å². The maximum absolute atomic E-state index is 4.37. The molecule has 0 amide bonds. The summed E-state index contributed by atoms with van der Waals surface area (Å²) in [5.41, 5.74) is 1.58. The summed E-state index contributed by atoms with van der Waals surface area (Å²) in [5.74, 6) is 0. The Balaban J connectivity index is 2.44. The van der Waals surface area contributed by atoms with Crippen molar-refractivity contribution >= 4 is 11.8 Å². The molecule has 3 nitrogen and oxygen atoms in total. The van der Waals surface area contributed by atoms with Crippen LogP contribution in [-0.4, -0.2) is 27.5 Å². The highest BCUT2D eigenvalue weighted by atomic mass is 15.4. The van der Waals surface area contributed by atoms with Gasteiger partial charge in [-0.05, 0) is 13.3 Å². The molecule has 1 saturated heterocycles. The van der Waals surface area contributed by atoms with Gasteiger partial charge in [-0.2, -0.15) is 0 Å². The summed E-state index contributed by atoms with van der Waals surface area (Å²) >= 11 is 0. The van der Waals surface area contributed by atoms with Crippen molar-refractivity contribution in [2.75, 3.05) is 7.05 Å². The van der Waals surface area contributed by atoms with E-state index >= 15 is 0 Å². The third-order valence-corrected chi connectivity index (χ3v) is 3.18. The first-order valence-corrected chi connectivity index (χ1v) is 4.49. The molecule has 3 rings (SSSR count). The minimum absolute atomic E-state index is 0.239. The minimum atomic E-state index is 0.239. The molecule has 1 unspecified atom stereocenters. The van der Waals surface area contributed by atoms with Crippen LogP contribution in [0.2, 0.25) is 0 Å². The Labute approximate surface area is 76.4 Å². The smallest absolute Gasteiger partial charge is 0.110 e. The topological polar surface area (TPSA) is 28.8 Å². The molecule has 1 aromatic rings. The van der Waals surface area contributed by atoms with Gasteiger partial charge in [-0.25, -0.2) is 0 Å². The maximum Gasteiger partial charge on any atom is 0.110 e. The van der Waals surface area contributed by atoms with Crippen LogP contribution in [0.25, 0.3) is 11.8 Å². The molecule has 0 saturated carbocycles. The van der Waals surface area contributed by atoms with Gasteiger partial charge in [0.1, 0.15) is 5.35 Å². The summed E-state index contributed by atoms with van der Waals surface area (Å²) in [6.45, 7) is 2.25. The van der Waals surface area contributed by atoms with Gasteiger partial charge in [-0.15, -0.1) is 0 Å². The van der Waals surface area contributed by atoms with E-state index in [1.165, 1.54) is 5.70 Å². The third kappa shape index (κ3) is 0.698. The lowest BCUT2D eigenvalue weighted by Crippen LogP contribution is -2.34. The van der Waals surface area contributed by atoms with Gasteiger partial charge < -0.3 is 4.90 Å². The Morgan fingerprint density at radius 2 is 2.15 bits per heavy atom. The molecule has 1 aliphatic carbocycles. The molecule has 1 atom stereocenters. The van der Waals surface area contributed by atoms with Crippen molar-refractivity contribution < 1.29 is 0 Å². The van der Waals surface area contributed by atoms with Crippen LogP contribution >= 0.6 is 0 Å². The Morgan fingerprint density at radius 3 is 3.00 bits per heavy atom. The standard InChI is InChI=1S/C10H11N3/c1-10-4-3-7-8(9(10)13(10)2)12-6-5-11-7/h3,5-6H,4H2,1-2H3. The fourth-order valence-corrected chi connectivity index (χ4v) is 2.14. The Morgan fingerprint density at radius 1 is 1.38 bits per heavy atom. The van der Waals surface area contributed by atoms with Gasteiger partial charge in [0.25, 0.3) is 0 Å². The molecular formula is C10H11N3. The van der Waals surface area contributed by atoms with Crippen LogP contribution in [0.5, 0.6) is 0 Å². The van der Waals surface area contributed by atoms with Gasteiger partial charge in [0.2, 0.25) is 0 Å². The average Bonchev–Trinajstić information content (AvgIpc) is 2.71. The summed E-state index contributed by atoms with van der Waals surface area (Å²) in [5, 5.41) is 2.11. The summed E-state index contributed by atoms with van der Waals surface area (Å²) in [4.78, 5) is 10.9. The van der Waals surface area contributed by atoms with E-state index in [2.05, 4.69) is 34.9 Å². The molecule has 1 aromatic heterocycles. The zero-order valence-electron chi connectivity index (χ0n) is 7.78. The number of nitrogens with zero attached hydrogens (tertiary/aromatic N) is 3. The van der Waals surface area contributed by atoms with Crippen LogP contribution in [-0.2, 0) is 0 Å². The van der Waals surface area contributed by atoms with Crippen molar-refractivity contribution in [3.05, 3.63) is 23.1 Å². The Hall–Kier alpha value is -1.38. The number of aromatic nitrogens is 2. The van der Waals surface area contributed by atoms with Gasteiger partial charge in [0.15, 0.2) is 0 Å². The van der Waals surface area contributed by atoms with E-state index in [1.807, 2.05) is 0 Å². The number of hydrogen-bond acceptors (Lipinski definition) is 3. The van der Waals surface area contributed by atoms with Gasteiger partial charge in [-0.1, -0.05) is 6.08 Å². The van der Waals surface area contributed by atoms with E-state index in [9.17, 15) is 0 Å². The van der Waals surface area contributed by atoms with Crippen molar-refractivity contribution in [3.63, 3.8) is 0 Å². The number of rotatable bonds is 0. The van der Waals surface area contributed by atoms with Crippen LogP contribution in [0.15, 0.2) is 12.4 Å². The SMILES string of the molecule is CN1C2=c3nccnc3=CCC21C. The first kappa shape index (κ1) is 7.06. The number of likely N-dealkylation sites (N-methyl/N-ethyl adjacent to an activating group) is 1. The number of hydrogen-bond donors (Lipinski definition) is 0. The minimum Gasteiger partial charge on any atom is -0.363 e. The van der Waals surface area contributed by atoms with E-state index < -0.39 is 0 Å². The molecule has 1 aliphatic heterocycles. The molecule has 0 spiro atoms. The summed E-state index contributed by atoms with van der Waals surface area (Å²) < 4.78 is 0. The van der Waals surface area contributed by atoms with E-state index in [-0.39, 0.29) is 5.54 Å². The lowest BCUT2D eigenvalue weighted by Gasteiger charge is -2.04. The highest BCUT2D eigenvalue weighted by molar-refractivity contribution is 5.72. The fourth-order valence-electron chi connectivity index (χ4n) is 2.14. The fraction of sp³-hybridized carbons (Fsp3) is 0.400. The van der Waals surface area contributed by atoms with Crippen molar-refractivity contribution in [2.24, 2.45) is 0 Å². The number of fused-ring (bicyclic) bond motifs is 2. The molecule has 0 bridgehead atoms. The Kier molecular flexibility index (Phi) is 1.04. The van der Waals surface area contributed by atoms with Crippen LogP contribution < -0.4 is 10.7 Å². The first-order chi connectivity index (χ1) is 6.23. The third-order valence-electron chi connectivity index (χ3n) is 3.18. The van der Waals surface area contributed by atoms with Gasteiger partial charge in [-0.3, -0.25) is 9.97 Å². The molecule has 3 heteroatoms. The zero-order valence-corrected chi connectivity index (χ0v) is 7.78. The van der Waals surface area contributed by atoms with E-state index in [0.717, 1.165) is 17.1 Å². The summed E-state index contributed by atoms with van der Waals surface area (Å²) in [7, 11) is 2.12. The summed E-state index contributed by atoms with van der Waals surface area (Å²) in [6, 6.07) is 0. The predicted molar refractivity (Wildman–Crippen MR) is 49.9 cm³/mol. The lowest BCUT2D eigenvalue weighted by molar-refractivity contribution is 0.510. The molecule has 0 aromatic carbocycles. The predicted octanol–water partition coefficient (Wildman–Crippen LogP) is -0.527. The monoisotopic (exact) mass is 173 g/mol. The second-order valence-electron chi connectivity index (χ2n) is 3.88. The average molecular weight is 173 g/mol. The largest absolute Gasteiger partial charge is 0.363 e. The van der Waals surface area contributed by atoms with Gasteiger partial charge >= 0.3 is 0 Å². The van der Waals surface area contributed by atoms with Gasteiger partial charge in [0, 0.05) is 19.4 Å². The highest BCUT2D eigenvalue weighted by Crippen LogP contribution is 2.47. The van der Waals surface area contributed by atoms with E-state index in [4.69, 9.17) is 0 Å². The van der Waals surface area contributed by atoms with Gasteiger partial charge in [0.05, 0.1) is 16.6 Å². The van der Waals surface area contributed by atoms with Crippen LogP contribution in [0.1, 0.15) is 13.3 Å². The molecule has 2 heterocycles. The van der Waals surface area contributed by atoms with E-state index in [1.54, 1.807) is 12.4 Å². The normalized spacial score (nSPS) is 29.1. The molecule has 66 valence electrons. The molecule has 0 radical (unpaired) electrons. The second-order valence-corrected chi connectivity index (χ2v) is 3.88. The first-order valence-electron chi connectivity index (χ1n) is 4.49. The quantitative estimate of drug-likeness (QED) is 0.494. The molecule has 2 aliphatic rings. The summed E-state index contributed by atoms with van der Waals surface area (Å²) in [6.07, 6.45) is 6.75. The molecule has 13 heavy (non-hydrogen) atoms. The molecule has 1 fully saturated rings. The van der Waals surface area contributed by atoms with Crippen LogP contribution in [0, 0.1) is 0 Å². The van der Waals surface area contributed by atoms with Crippen molar-refractivity contribution in [1.82, 2.24) is 14.9 Å². The highest BCUT2D eigenvalue weighted by Gasteiger charge is 2.52. The van der Waals surface area contributed by atoms with Crippen molar-refractivity contribution in [1.29, 1.82) is 0 Å².